The molecule has 2 bridgehead atoms. The van der Waals surface area contributed by atoms with Crippen LogP contribution in [0.5, 0.6) is 0 Å². The minimum absolute atomic E-state index is 0.0275. The number of carbonyl (C=O) groups excluding carboxylic acids is 2. The molecule has 3 amide bonds. The van der Waals surface area contributed by atoms with Crippen LogP contribution >= 0.6 is 0 Å². The molecular formula is C23H28N4O4. The van der Waals surface area contributed by atoms with Crippen molar-refractivity contribution in [1.82, 2.24) is 14.8 Å². The number of carbonyl (C=O) groups is 2. The number of likely N-dealkylation sites (tertiary alicyclic amines) is 1. The zero-order valence-corrected chi connectivity index (χ0v) is 17.5. The normalized spacial score (nSPS) is 23.2. The van der Waals surface area contributed by atoms with Crippen LogP contribution in [0.15, 0.2) is 39.7 Å². The SMILES string of the molecule is O=C(Nc1ccc2n(c1=O)C[C@@H]1C[C@@H]2CN(C(=O)NC2CCCCC2)C1)c1ccco1. The van der Waals surface area contributed by atoms with Crippen molar-refractivity contribution in [2.45, 2.75) is 57.0 Å². The van der Waals surface area contributed by atoms with Crippen molar-refractivity contribution in [3.05, 3.63) is 52.3 Å². The third-order valence-corrected chi connectivity index (χ3v) is 6.82. The molecular weight excluding hydrogens is 396 g/mol. The molecule has 0 unspecified atom stereocenters. The average molecular weight is 425 g/mol. The number of fused-ring (bicyclic) bond motifs is 4. The van der Waals surface area contributed by atoms with Gasteiger partial charge in [0.25, 0.3) is 11.5 Å². The first kappa shape index (κ1) is 19.9. The molecule has 2 fully saturated rings. The summed E-state index contributed by atoms with van der Waals surface area (Å²) in [6.45, 7) is 1.83. The van der Waals surface area contributed by atoms with E-state index < -0.39 is 5.91 Å². The molecule has 2 aliphatic heterocycles. The maximum Gasteiger partial charge on any atom is 0.317 e. The summed E-state index contributed by atoms with van der Waals surface area (Å²) in [5, 5.41) is 5.88. The lowest BCUT2D eigenvalue weighted by atomic mass is 9.83. The van der Waals surface area contributed by atoms with E-state index in [1.807, 2.05) is 11.0 Å². The number of hydrogen-bond acceptors (Lipinski definition) is 4. The third kappa shape index (κ3) is 3.98. The summed E-state index contributed by atoms with van der Waals surface area (Å²) in [6, 6.07) is 7.08. The smallest absolute Gasteiger partial charge is 0.317 e. The van der Waals surface area contributed by atoms with Crippen LogP contribution in [0.2, 0.25) is 0 Å². The van der Waals surface area contributed by atoms with Crippen molar-refractivity contribution in [3.63, 3.8) is 0 Å². The van der Waals surface area contributed by atoms with Gasteiger partial charge in [-0.2, -0.15) is 0 Å². The van der Waals surface area contributed by atoms with Gasteiger partial charge in [0.15, 0.2) is 5.76 Å². The van der Waals surface area contributed by atoms with Crippen LogP contribution in [0, 0.1) is 5.92 Å². The maximum atomic E-state index is 13.1. The molecule has 0 spiro atoms. The molecule has 1 saturated heterocycles. The Balaban J connectivity index is 1.30. The molecule has 2 aromatic rings. The third-order valence-electron chi connectivity index (χ3n) is 6.82. The second-order valence-electron chi connectivity index (χ2n) is 9.01. The van der Waals surface area contributed by atoms with E-state index in [-0.39, 0.29) is 34.9 Å². The van der Waals surface area contributed by atoms with Crippen LogP contribution in [-0.2, 0) is 6.54 Å². The molecule has 1 aliphatic carbocycles. The first-order valence-electron chi connectivity index (χ1n) is 11.2. The number of amides is 3. The highest BCUT2D eigenvalue weighted by atomic mass is 16.3. The van der Waals surface area contributed by atoms with Gasteiger partial charge in [0.2, 0.25) is 0 Å². The Hall–Kier alpha value is -3.03. The van der Waals surface area contributed by atoms with Gasteiger partial charge >= 0.3 is 6.03 Å². The lowest BCUT2D eigenvalue weighted by Gasteiger charge is -2.43. The number of hydrogen-bond donors (Lipinski definition) is 2. The molecule has 8 nitrogen and oxygen atoms in total. The predicted octanol–water partition coefficient (Wildman–Crippen LogP) is 3.16. The Morgan fingerprint density at radius 1 is 1.03 bits per heavy atom. The van der Waals surface area contributed by atoms with Crippen molar-refractivity contribution in [1.29, 1.82) is 0 Å². The molecule has 0 radical (unpaired) electrons. The van der Waals surface area contributed by atoms with Crippen molar-refractivity contribution in [2.24, 2.45) is 5.92 Å². The fourth-order valence-electron chi connectivity index (χ4n) is 5.31. The van der Waals surface area contributed by atoms with E-state index in [0.29, 0.717) is 25.7 Å². The van der Waals surface area contributed by atoms with E-state index in [4.69, 9.17) is 4.42 Å². The number of anilines is 1. The van der Waals surface area contributed by atoms with E-state index in [0.717, 1.165) is 25.0 Å². The van der Waals surface area contributed by atoms with Gasteiger partial charge in [-0.3, -0.25) is 9.59 Å². The average Bonchev–Trinajstić information content (AvgIpc) is 3.32. The molecule has 1 saturated carbocycles. The van der Waals surface area contributed by atoms with Gasteiger partial charge in [0, 0.05) is 37.3 Å². The van der Waals surface area contributed by atoms with E-state index in [1.54, 1.807) is 22.8 Å². The summed E-state index contributed by atoms with van der Waals surface area (Å²) in [5.74, 6) is 0.0898. The number of nitrogens with zero attached hydrogens (tertiary/aromatic N) is 2. The molecule has 5 rings (SSSR count). The number of aromatic nitrogens is 1. The molecule has 8 heteroatoms. The Bertz CT molecular complexity index is 1020. The summed E-state index contributed by atoms with van der Waals surface area (Å²) in [7, 11) is 0. The van der Waals surface area contributed by atoms with Crippen LogP contribution in [0.4, 0.5) is 10.5 Å². The Kier molecular flexibility index (Phi) is 5.29. The van der Waals surface area contributed by atoms with Gasteiger partial charge in [-0.25, -0.2) is 4.79 Å². The lowest BCUT2D eigenvalue weighted by molar-refractivity contribution is 0.0996. The van der Waals surface area contributed by atoms with Crippen LogP contribution in [0.1, 0.15) is 60.7 Å². The minimum Gasteiger partial charge on any atom is -0.459 e. The molecule has 4 heterocycles. The van der Waals surface area contributed by atoms with E-state index in [9.17, 15) is 14.4 Å². The van der Waals surface area contributed by atoms with Gasteiger partial charge in [0.05, 0.1) is 6.26 Å². The van der Waals surface area contributed by atoms with Crippen molar-refractivity contribution in [2.75, 3.05) is 18.4 Å². The zero-order valence-electron chi connectivity index (χ0n) is 17.5. The number of urea groups is 1. The second kappa shape index (κ2) is 8.24. The van der Waals surface area contributed by atoms with Gasteiger partial charge < -0.3 is 24.5 Å². The zero-order chi connectivity index (χ0) is 21.4. The predicted molar refractivity (Wildman–Crippen MR) is 115 cm³/mol. The van der Waals surface area contributed by atoms with Crippen molar-refractivity contribution < 1.29 is 14.0 Å². The summed E-state index contributed by atoms with van der Waals surface area (Å²) < 4.78 is 6.88. The number of piperidine rings is 1. The first-order valence-corrected chi connectivity index (χ1v) is 11.2. The summed E-state index contributed by atoms with van der Waals surface area (Å²) in [6.07, 6.45) is 8.16. The highest BCUT2D eigenvalue weighted by Crippen LogP contribution is 2.35. The van der Waals surface area contributed by atoms with Crippen LogP contribution in [0.25, 0.3) is 0 Å². The fourth-order valence-corrected chi connectivity index (χ4v) is 5.31. The quantitative estimate of drug-likeness (QED) is 0.791. The molecule has 164 valence electrons. The molecule has 0 aromatic carbocycles. The summed E-state index contributed by atoms with van der Waals surface area (Å²) >= 11 is 0. The largest absolute Gasteiger partial charge is 0.459 e. The first-order chi connectivity index (χ1) is 15.1. The van der Waals surface area contributed by atoms with E-state index >= 15 is 0 Å². The second-order valence-corrected chi connectivity index (χ2v) is 9.01. The molecule has 3 aliphatic rings. The Morgan fingerprint density at radius 2 is 1.87 bits per heavy atom. The monoisotopic (exact) mass is 424 g/mol. The standard InChI is InChI=1S/C23H28N4O4/c28-21(20-7-4-10-31-20)25-18-8-9-19-16-11-15(13-27(19)22(18)29)12-26(14-16)23(30)24-17-5-2-1-3-6-17/h4,7-10,15-17H,1-3,5-6,11-14H2,(H,24,30)(H,25,28)/t15-,16-/m1/s1. The van der Waals surface area contributed by atoms with Gasteiger partial charge in [-0.05, 0) is 49.4 Å². The number of nitrogens with one attached hydrogen (secondary N) is 2. The summed E-state index contributed by atoms with van der Waals surface area (Å²) in [5.41, 5.74) is 0.983. The van der Waals surface area contributed by atoms with Crippen LogP contribution in [0.3, 0.4) is 0 Å². The van der Waals surface area contributed by atoms with Gasteiger partial charge in [-0.15, -0.1) is 0 Å². The molecule has 2 N–H and O–H groups in total. The van der Waals surface area contributed by atoms with Crippen molar-refractivity contribution in [3.8, 4) is 0 Å². The highest BCUT2D eigenvalue weighted by molar-refractivity contribution is 6.02. The Labute approximate surface area is 180 Å². The molecule has 2 atom stereocenters. The fraction of sp³-hybridized carbons (Fsp3) is 0.522. The Morgan fingerprint density at radius 3 is 2.65 bits per heavy atom. The van der Waals surface area contributed by atoms with Crippen molar-refractivity contribution >= 4 is 17.6 Å². The molecule has 31 heavy (non-hydrogen) atoms. The number of pyridine rings is 1. The topological polar surface area (TPSA) is 96.6 Å². The van der Waals surface area contributed by atoms with Crippen LogP contribution < -0.4 is 16.2 Å². The van der Waals surface area contributed by atoms with Gasteiger partial charge in [0.1, 0.15) is 5.69 Å². The summed E-state index contributed by atoms with van der Waals surface area (Å²) in [4.78, 5) is 40.1. The molecule has 2 aromatic heterocycles. The maximum absolute atomic E-state index is 13.1. The number of rotatable bonds is 3. The van der Waals surface area contributed by atoms with Gasteiger partial charge in [-0.1, -0.05) is 19.3 Å². The van der Waals surface area contributed by atoms with Crippen LogP contribution in [-0.4, -0.2) is 40.5 Å². The van der Waals surface area contributed by atoms with E-state index in [1.165, 1.54) is 25.5 Å². The van der Waals surface area contributed by atoms with E-state index in [2.05, 4.69) is 10.6 Å². The minimum atomic E-state index is -0.441. The lowest BCUT2D eigenvalue weighted by Crippen LogP contribution is -2.53. The highest BCUT2D eigenvalue weighted by Gasteiger charge is 2.37. The number of furan rings is 1.